The fourth-order valence-corrected chi connectivity index (χ4v) is 2.68. The van der Waals surface area contributed by atoms with Gasteiger partial charge in [0.2, 0.25) is 11.8 Å². The minimum absolute atomic E-state index is 0.0869. The second-order valence-electron chi connectivity index (χ2n) is 6.09. The molecule has 2 aromatic rings. The van der Waals surface area contributed by atoms with Crippen molar-refractivity contribution in [1.82, 2.24) is 5.32 Å². The molecule has 1 aliphatic carbocycles. The topological polar surface area (TPSA) is 71.3 Å². The molecule has 1 aromatic heterocycles. The Hall–Kier alpha value is -2.34. The van der Waals surface area contributed by atoms with E-state index in [1.54, 1.807) is 18.2 Å². The SMILES string of the molecule is CC(NC(=O)/C=C/c1ccc(Br)o1)c1ccc(NC(=O)C2CC2)cc1. The number of benzene rings is 1. The van der Waals surface area contributed by atoms with Crippen LogP contribution < -0.4 is 10.6 Å². The summed E-state index contributed by atoms with van der Waals surface area (Å²) in [5.41, 5.74) is 1.74. The van der Waals surface area contributed by atoms with E-state index in [4.69, 9.17) is 4.42 Å². The molecule has 1 aromatic carbocycles. The standard InChI is InChI=1S/C19H19BrN2O3/c1-12(21-18(23)11-9-16-8-10-17(20)25-16)13-4-6-15(7-5-13)22-19(24)14-2-3-14/h4-12,14H,2-3H2,1H3,(H,21,23)(H,22,24)/b11-9+. The molecule has 3 rings (SSSR count). The van der Waals surface area contributed by atoms with E-state index >= 15 is 0 Å². The molecule has 0 radical (unpaired) electrons. The normalized spacial score (nSPS) is 15.1. The number of nitrogens with one attached hydrogen (secondary N) is 2. The Bertz CT molecular complexity index is 791. The lowest BCUT2D eigenvalue weighted by Gasteiger charge is -2.14. The van der Waals surface area contributed by atoms with Crippen molar-refractivity contribution in [1.29, 1.82) is 0 Å². The van der Waals surface area contributed by atoms with Gasteiger partial charge < -0.3 is 15.1 Å². The first-order valence-electron chi connectivity index (χ1n) is 8.16. The summed E-state index contributed by atoms with van der Waals surface area (Å²) in [6, 6.07) is 10.9. The number of furan rings is 1. The van der Waals surface area contributed by atoms with Gasteiger partial charge in [-0.3, -0.25) is 9.59 Å². The van der Waals surface area contributed by atoms with Crippen LogP contribution in [0.5, 0.6) is 0 Å². The van der Waals surface area contributed by atoms with Crippen molar-refractivity contribution in [2.75, 3.05) is 5.32 Å². The second kappa shape index (κ2) is 7.70. The van der Waals surface area contributed by atoms with Gasteiger partial charge >= 0.3 is 0 Å². The molecule has 1 aliphatic rings. The Labute approximate surface area is 154 Å². The highest BCUT2D eigenvalue weighted by atomic mass is 79.9. The maximum Gasteiger partial charge on any atom is 0.244 e. The molecule has 130 valence electrons. The van der Waals surface area contributed by atoms with Crippen LogP contribution in [0.3, 0.4) is 0 Å². The molecular formula is C19H19BrN2O3. The van der Waals surface area contributed by atoms with Crippen molar-refractivity contribution in [2.45, 2.75) is 25.8 Å². The van der Waals surface area contributed by atoms with Crippen molar-refractivity contribution in [3.05, 3.63) is 58.5 Å². The Kier molecular flexibility index (Phi) is 5.38. The van der Waals surface area contributed by atoms with Gasteiger partial charge in [0.05, 0.1) is 6.04 Å². The number of amides is 2. The van der Waals surface area contributed by atoms with Crippen molar-refractivity contribution >= 4 is 39.5 Å². The van der Waals surface area contributed by atoms with Gasteiger partial charge in [-0.2, -0.15) is 0 Å². The van der Waals surface area contributed by atoms with E-state index in [1.807, 2.05) is 31.2 Å². The molecule has 1 atom stereocenters. The van der Waals surface area contributed by atoms with Crippen molar-refractivity contribution in [3.63, 3.8) is 0 Å². The van der Waals surface area contributed by atoms with E-state index in [0.717, 1.165) is 24.1 Å². The van der Waals surface area contributed by atoms with E-state index in [0.29, 0.717) is 10.4 Å². The van der Waals surface area contributed by atoms with Crippen LogP contribution in [0.1, 0.15) is 37.1 Å². The molecule has 2 amide bonds. The summed E-state index contributed by atoms with van der Waals surface area (Å²) in [5.74, 6) is 0.667. The van der Waals surface area contributed by atoms with Crippen LogP contribution in [0.25, 0.3) is 6.08 Å². The number of halogens is 1. The van der Waals surface area contributed by atoms with Crippen LogP contribution in [0, 0.1) is 5.92 Å². The highest BCUT2D eigenvalue weighted by Gasteiger charge is 2.29. The zero-order valence-corrected chi connectivity index (χ0v) is 15.4. The molecule has 0 aliphatic heterocycles. The number of rotatable bonds is 6. The largest absolute Gasteiger partial charge is 0.450 e. The van der Waals surface area contributed by atoms with Crippen LogP contribution in [-0.4, -0.2) is 11.8 Å². The van der Waals surface area contributed by atoms with Gasteiger partial charge in [0.15, 0.2) is 4.67 Å². The summed E-state index contributed by atoms with van der Waals surface area (Å²) in [5, 5.41) is 5.79. The monoisotopic (exact) mass is 402 g/mol. The molecule has 0 bridgehead atoms. The summed E-state index contributed by atoms with van der Waals surface area (Å²) in [6.45, 7) is 1.91. The minimum atomic E-state index is -0.203. The average molecular weight is 403 g/mol. The summed E-state index contributed by atoms with van der Waals surface area (Å²) < 4.78 is 5.93. The molecule has 1 heterocycles. The third kappa shape index (κ3) is 5.06. The molecule has 2 N–H and O–H groups in total. The lowest BCUT2D eigenvalue weighted by atomic mass is 10.1. The predicted molar refractivity (Wildman–Crippen MR) is 99.8 cm³/mol. The first kappa shape index (κ1) is 17.5. The van der Waals surface area contributed by atoms with Gasteiger partial charge in [-0.25, -0.2) is 0 Å². The molecular weight excluding hydrogens is 384 g/mol. The Morgan fingerprint density at radius 2 is 1.92 bits per heavy atom. The first-order valence-corrected chi connectivity index (χ1v) is 8.95. The number of carbonyl (C=O) groups excluding carboxylic acids is 2. The van der Waals surface area contributed by atoms with E-state index in [2.05, 4.69) is 26.6 Å². The molecule has 0 spiro atoms. The van der Waals surface area contributed by atoms with E-state index in [1.165, 1.54) is 6.08 Å². The lowest BCUT2D eigenvalue weighted by molar-refractivity contribution is -0.118. The fraction of sp³-hybridized carbons (Fsp3) is 0.263. The predicted octanol–water partition coefficient (Wildman–Crippen LogP) is 4.28. The summed E-state index contributed by atoms with van der Waals surface area (Å²) >= 11 is 3.21. The lowest BCUT2D eigenvalue weighted by Crippen LogP contribution is -2.24. The summed E-state index contributed by atoms with van der Waals surface area (Å²) in [6.07, 6.45) is 5.01. The first-order chi connectivity index (χ1) is 12.0. The molecule has 0 saturated heterocycles. The van der Waals surface area contributed by atoms with Crippen molar-refractivity contribution in [3.8, 4) is 0 Å². The molecule has 25 heavy (non-hydrogen) atoms. The van der Waals surface area contributed by atoms with Crippen molar-refractivity contribution < 1.29 is 14.0 Å². The summed E-state index contributed by atoms with van der Waals surface area (Å²) in [4.78, 5) is 23.7. The number of anilines is 1. The molecule has 1 unspecified atom stereocenters. The highest BCUT2D eigenvalue weighted by Crippen LogP contribution is 2.30. The van der Waals surface area contributed by atoms with Gasteiger partial charge in [0, 0.05) is 17.7 Å². The molecule has 1 saturated carbocycles. The zero-order chi connectivity index (χ0) is 17.8. The van der Waals surface area contributed by atoms with Crippen LogP contribution in [0.2, 0.25) is 0 Å². The van der Waals surface area contributed by atoms with Gasteiger partial charge in [0.25, 0.3) is 0 Å². The van der Waals surface area contributed by atoms with Gasteiger partial charge in [-0.15, -0.1) is 0 Å². The van der Waals surface area contributed by atoms with Crippen LogP contribution in [0.4, 0.5) is 5.69 Å². The molecule has 5 nitrogen and oxygen atoms in total. The Morgan fingerprint density at radius 3 is 2.52 bits per heavy atom. The van der Waals surface area contributed by atoms with E-state index in [-0.39, 0.29) is 23.8 Å². The number of hydrogen-bond acceptors (Lipinski definition) is 3. The third-order valence-corrected chi connectivity index (χ3v) is 4.40. The van der Waals surface area contributed by atoms with Crippen LogP contribution >= 0.6 is 15.9 Å². The third-order valence-electron chi connectivity index (χ3n) is 3.98. The second-order valence-corrected chi connectivity index (χ2v) is 6.87. The van der Waals surface area contributed by atoms with E-state index < -0.39 is 0 Å². The van der Waals surface area contributed by atoms with Crippen LogP contribution in [-0.2, 0) is 9.59 Å². The van der Waals surface area contributed by atoms with Gasteiger partial charge in [0.1, 0.15) is 5.76 Å². The number of hydrogen-bond donors (Lipinski definition) is 2. The smallest absolute Gasteiger partial charge is 0.244 e. The van der Waals surface area contributed by atoms with Gasteiger partial charge in [-0.05, 0) is 71.6 Å². The van der Waals surface area contributed by atoms with Gasteiger partial charge in [-0.1, -0.05) is 12.1 Å². The number of carbonyl (C=O) groups is 2. The molecule has 6 heteroatoms. The van der Waals surface area contributed by atoms with E-state index in [9.17, 15) is 9.59 Å². The van der Waals surface area contributed by atoms with Crippen LogP contribution in [0.15, 0.2) is 51.6 Å². The minimum Gasteiger partial charge on any atom is -0.450 e. The summed E-state index contributed by atoms with van der Waals surface area (Å²) in [7, 11) is 0. The maximum atomic E-state index is 12.0. The Morgan fingerprint density at radius 1 is 1.20 bits per heavy atom. The molecule has 1 fully saturated rings. The average Bonchev–Trinajstić information content (AvgIpc) is 3.36. The zero-order valence-electron chi connectivity index (χ0n) is 13.8. The van der Waals surface area contributed by atoms with Crippen molar-refractivity contribution in [2.24, 2.45) is 5.92 Å². The quantitative estimate of drug-likeness (QED) is 0.708. The fourth-order valence-electron chi connectivity index (χ4n) is 2.37. The Balaban J connectivity index is 1.53. The maximum absolute atomic E-state index is 12.0. The highest BCUT2D eigenvalue weighted by molar-refractivity contribution is 9.10.